The van der Waals surface area contributed by atoms with Crippen LogP contribution < -0.4 is 4.74 Å². The van der Waals surface area contributed by atoms with E-state index in [-0.39, 0.29) is 26.0 Å². The van der Waals surface area contributed by atoms with Crippen LogP contribution in [0.3, 0.4) is 0 Å². The first-order chi connectivity index (χ1) is 5.41. The van der Waals surface area contributed by atoms with Gasteiger partial charge in [-0.1, -0.05) is 12.8 Å². The van der Waals surface area contributed by atoms with E-state index in [9.17, 15) is 0 Å². The number of hydrogen-bond donors (Lipinski definition) is 0. The van der Waals surface area contributed by atoms with E-state index in [1.165, 1.54) is 18.4 Å². The van der Waals surface area contributed by atoms with Gasteiger partial charge in [0.1, 0.15) is 0 Å². The fourth-order valence-electron chi connectivity index (χ4n) is 1.81. The number of fused-ring (bicyclic) bond motifs is 2. The summed E-state index contributed by atoms with van der Waals surface area (Å²) in [6, 6.07) is 9.26. The van der Waals surface area contributed by atoms with Gasteiger partial charge in [0.15, 0.2) is 0 Å². The van der Waals surface area contributed by atoms with E-state index in [1.54, 1.807) is 0 Å². The zero-order valence-corrected chi connectivity index (χ0v) is 9.11. The Morgan fingerprint density at radius 2 is 2.15 bits per heavy atom. The summed E-state index contributed by atoms with van der Waals surface area (Å²) in [5.74, 6) is 0.991. The Morgan fingerprint density at radius 3 is 2.85 bits per heavy atom. The van der Waals surface area contributed by atoms with E-state index in [2.05, 4.69) is 12.1 Å². The van der Waals surface area contributed by atoms with Crippen molar-refractivity contribution in [2.75, 3.05) is 6.61 Å². The molecular weight excluding hydrogens is 199 g/mol. The first-order valence-corrected chi connectivity index (χ1v) is 4.05. The van der Waals surface area contributed by atoms with Gasteiger partial charge in [-0.3, -0.25) is 0 Å². The van der Waals surface area contributed by atoms with Crippen molar-refractivity contribution >= 4 is 0 Å². The molecule has 2 aliphatic rings. The van der Waals surface area contributed by atoms with Crippen molar-refractivity contribution in [3.05, 3.63) is 37.3 Å². The Hall–Kier alpha value is -0.396. The molecule has 1 aromatic rings. The summed E-state index contributed by atoms with van der Waals surface area (Å²) in [7, 11) is 0. The van der Waals surface area contributed by atoms with Crippen LogP contribution in [-0.2, 0) is 24.0 Å². The van der Waals surface area contributed by atoms with Gasteiger partial charge in [0.05, 0.1) is 6.61 Å². The molecule has 0 N–H and O–H groups in total. The second-order valence-electron chi connectivity index (χ2n) is 3.48. The Kier molecular flexibility index (Phi) is 2.79. The van der Waals surface area contributed by atoms with Crippen molar-refractivity contribution in [2.45, 2.75) is 18.3 Å². The summed E-state index contributed by atoms with van der Waals surface area (Å²) in [6.45, 7) is 0.892. The minimum absolute atomic E-state index is 0. The van der Waals surface area contributed by atoms with E-state index in [4.69, 9.17) is 4.74 Å². The van der Waals surface area contributed by atoms with Gasteiger partial charge in [-0.15, -0.1) is 11.6 Å². The molecule has 0 aromatic heterocycles. The SMILES string of the molecule is [CH3-].[V+2].[c-]1cccc2c1OCC21CC1. The van der Waals surface area contributed by atoms with E-state index >= 15 is 0 Å². The Balaban J connectivity index is 0.000000422. The van der Waals surface area contributed by atoms with Crippen LogP contribution in [-0.4, -0.2) is 6.61 Å². The summed E-state index contributed by atoms with van der Waals surface area (Å²) < 4.78 is 5.52. The molecule has 1 nitrogen and oxygen atoms in total. The second kappa shape index (κ2) is 3.40. The molecule has 0 amide bonds. The molecule has 1 fully saturated rings. The summed E-state index contributed by atoms with van der Waals surface area (Å²) in [5.41, 5.74) is 1.81. The first-order valence-electron chi connectivity index (χ1n) is 4.05. The fourth-order valence-corrected chi connectivity index (χ4v) is 1.81. The monoisotopic (exact) mass is 211 g/mol. The minimum Gasteiger partial charge on any atom is -0.519 e. The molecule has 0 atom stereocenters. The quantitative estimate of drug-likeness (QED) is 0.598. The number of hydrogen-bond acceptors (Lipinski definition) is 1. The van der Waals surface area contributed by atoms with Gasteiger partial charge in [0.25, 0.3) is 0 Å². The van der Waals surface area contributed by atoms with Crippen molar-refractivity contribution in [2.24, 2.45) is 0 Å². The fraction of sp³-hybridized carbons (Fsp3) is 0.364. The van der Waals surface area contributed by atoms with E-state index in [0.29, 0.717) is 5.41 Å². The van der Waals surface area contributed by atoms with Crippen LogP contribution in [0.5, 0.6) is 5.75 Å². The Labute approximate surface area is 91.4 Å². The molecule has 67 valence electrons. The largest absolute Gasteiger partial charge is 2.00 e. The van der Waals surface area contributed by atoms with Gasteiger partial charge in [0.2, 0.25) is 0 Å². The molecule has 1 radical (unpaired) electrons. The summed E-state index contributed by atoms with van der Waals surface area (Å²) in [6.07, 6.45) is 2.61. The molecule has 2 heteroatoms. The van der Waals surface area contributed by atoms with Crippen LogP contribution in [0, 0.1) is 13.5 Å². The van der Waals surface area contributed by atoms with Crippen LogP contribution in [0.4, 0.5) is 0 Å². The van der Waals surface area contributed by atoms with E-state index in [1.807, 2.05) is 12.1 Å². The number of para-hydroxylation sites is 1. The van der Waals surface area contributed by atoms with Crippen molar-refractivity contribution < 1.29 is 23.3 Å². The standard InChI is InChI=1S/C10H9O.CH3.V/c1-2-4-9-8(3-1)10(5-6-10)7-11-9;;/h1-3H,5-7H2;1H3;/q2*-1;+2. The Bertz CT molecular complexity index is 305. The third-order valence-electron chi connectivity index (χ3n) is 2.74. The molecule has 1 aromatic carbocycles. The predicted octanol–water partition coefficient (Wildman–Crippen LogP) is 2.36. The normalized spacial score (nSPS) is 19.4. The average molecular weight is 211 g/mol. The topological polar surface area (TPSA) is 9.23 Å². The van der Waals surface area contributed by atoms with E-state index < -0.39 is 0 Å². The zero-order chi connectivity index (χ0) is 7.31. The number of rotatable bonds is 0. The summed E-state index contributed by atoms with van der Waals surface area (Å²) in [5, 5.41) is 0. The molecular formula is C11H12OV. The van der Waals surface area contributed by atoms with Crippen molar-refractivity contribution in [3.63, 3.8) is 0 Å². The Morgan fingerprint density at radius 1 is 1.38 bits per heavy atom. The molecule has 13 heavy (non-hydrogen) atoms. The third kappa shape index (κ3) is 1.40. The molecule has 1 aliphatic carbocycles. The number of benzene rings is 1. The van der Waals surface area contributed by atoms with Gasteiger partial charge >= 0.3 is 18.6 Å². The summed E-state index contributed by atoms with van der Waals surface area (Å²) >= 11 is 0. The van der Waals surface area contributed by atoms with E-state index in [0.717, 1.165) is 12.4 Å². The maximum Gasteiger partial charge on any atom is 2.00 e. The van der Waals surface area contributed by atoms with Crippen LogP contribution in [0.1, 0.15) is 18.4 Å². The van der Waals surface area contributed by atoms with Crippen molar-refractivity contribution in [1.29, 1.82) is 0 Å². The van der Waals surface area contributed by atoms with Gasteiger partial charge in [0, 0.05) is 5.75 Å². The van der Waals surface area contributed by atoms with Crippen LogP contribution in [0.15, 0.2) is 18.2 Å². The third-order valence-corrected chi connectivity index (χ3v) is 2.74. The minimum atomic E-state index is 0. The maximum atomic E-state index is 5.52. The van der Waals surface area contributed by atoms with Crippen LogP contribution in [0.25, 0.3) is 0 Å². The molecule has 0 unspecified atom stereocenters. The van der Waals surface area contributed by atoms with Gasteiger partial charge < -0.3 is 12.2 Å². The van der Waals surface area contributed by atoms with Gasteiger partial charge in [-0.05, 0) is 5.41 Å². The molecule has 1 aliphatic heterocycles. The second-order valence-corrected chi connectivity index (χ2v) is 3.48. The molecule has 0 saturated heterocycles. The number of ether oxygens (including phenoxy) is 1. The van der Waals surface area contributed by atoms with Crippen LogP contribution >= 0.6 is 0 Å². The van der Waals surface area contributed by atoms with Crippen LogP contribution in [0.2, 0.25) is 0 Å². The average Bonchev–Trinajstić information content (AvgIpc) is 2.72. The van der Waals surface area contributed by atoms with Gasteiger partial charge in [-0.2, -0.15) is 18.2 Å². The molecule has 1 spiro atoms. The van der Waals surface area contributed by atoms with Crippen molar-refractivity contribution in [1.82, 2.24) is 0 Å². The predicted molar refractivity (Wildman–Crippen MR) is 48.1 cm³/mol. The maximum absolute atomic E-state index is 5.52. The molecule has 1 saturated carbocycles. The smallest absolute Gasteiger partial charge is 0.519 e. The molecule has 0 bridgehead atoms. The zero-order valence-electron chi connectivity index (χ0n) is 7.71. The molecule has 1 heterocycles. The van der Waals surface area contributed by atoms with Gasteiger partial charge in [-0.25, -0.2) is 0 Å². The first kappa shape index (κ1) is 10.7. The molecule has 3 rings (SSSR count). The van der Waals surface area contributed by atoms with Crippen molar-refractivity contribution in [3.8, 4) is 5.75 Å². The summed E-state index contributed by atoms with van der Waals surface area (Å²) in [4.78, 5) is 0.